The Morgan fingerprint density at radius 3 is 2.83 bits per heavy atom. The fraction of sp³-hybridized carbons (Fsp3) is 0.857. The van der Waals surface area contributed by atoms with Gasteiger partial charge in [-0.2, -0.15) is 0 Å². The van der Waals surface area contributed by atoms with Gasteiger partial charge in [-0.15, -0.1) is 0 Å². The van der Waals surface area contributed by atoms with Crippen LogP contribution >= 0.6 is 0 Å². The number of allylic oxidation sites excluding steroid dienone is 2. The summed E-state index contributed by atoms with van der Waals surface area (Å²) in [6, 6.07) is 0. The lowest BCUT2D eigenvalue weighted by Crippen LogP contribution is -2.41. The first kappa shape index (κ1) is 12.6. The van der Waals surface area contributed by atoms with Crippen LogP contribution in [-0.4, -0.2) is 56.7 Å². The molecule has 0 N–H and O–H groups in total. The predicted octanol–water partition coefficient (Wildman–Crippen LogP) is 1.42. The van der Waals surface area contributed by atoms with Gasteiger partial charge in [-0.05, 0) is 19.3 Å². The number of ether oxygens (including phenoxy) is 3. The van der Waals surface area contributed by atoms with Crippen molar-refractivity contribution in [3.8, 4) is 0 Å². The largest absolute Gasteiger partial charge is 0.379 e. The summed E-state index contributed by atoms with van der Waals surface area (Å²) in [4.78, 5) is 2.42. The molecule has 2 fully saturated rings. The molecule has 0 aromatic carbocycles. The second kappa shape index (κ2) is 6.15. The SMILES string of the molecule is C1=CC[C@@H]([C@H]2OC[C@H](CN3CCOCC3)O2)CC1. The first-order valence-electron chi connectivity index (χ1n) is 7.14. The minimum absolute atomic E-state index is 0.0287. The molecule has 0 spiro atoms. The van der Waals surface area contributed by atoms with E-state index in [0.29, 0.717) is 5.92 Å². The Bertz CT molecular complexity index is 289. The van der Waals surface area contributed by atoms with Crippen molar-refractivity contribution in [3.63, 3.8) is 0 Å². The number of hydrogen-bond acceptors (Lipinski definition) is 4. The minimum Gasteiger partial charge on any atom is -0.379 e. The minimum atomic E-state index is 0.0287. The molecular formula is C14H23NO3. The third kappa shape index (κ3) is 3.12. The van der Waals surface area contributed by atoms with Crippen molar-refractivity contribution in [3.05, 3.63) is 12.2 Å². The van der Waals surface area contributed by atoms with E-state index >= 15 is 0 Å². The van der Waals surface area contributed by atoms with Crippen molar-refractivity contribution < 1.29 is 14.2 Å². The molecule has 0 saturated carbocycles. The molecule has 102 valence electrons. The van der Waals surface area contributed by atoms with Gasteiger partial charge in [-0.1, -0.05) is 12.2 Å². The summed E-state index contributed by atoms with van der Waals surface area (Å²) in [6.07, 6.45) is 8.27. The summed E-state index contributed by atoms with van der Waals surface area (Å²) >= 11 is 0. The molecule has 4 heteroatoms. The Morgan fingerprint density at radius 2 is 2.06 bits per heavy atom. The molecule has 4 nitrogen and oxygen atoms in total. The second-order valence-electron chi connectivity index (χ2n) is 5.42. The van der Waals surface area contributed by atoms with Gasteiger partial charge in [0.05, 0.1) is 25.9 Å². The highest BCUT2D eigenvalue weighted by Gasteiger charge is 2.33. The number of nitrogens with zero attached hydrogens (tertiary/aromatic N) is 1. The fourth-order valence-electron chi connectivity index (χ4n) is 2.95. The smallest absolute Gasteiger partial charge is 0.161 e. The zero-order valence-electron chi connectivity index (χ0n) is 10.9. The van der Waals surface area contributed by atoms with E-state index in [0.717, 1.165) is 45.9 Å². The molecular weight excluding hydrogens is 230 g/mol. The van der Waals surface area contributed by atoms with Crippen LogP contribution in [0.3, 0.4) is 0 Å². The fourth-order valence-corrected chi connectivity index (χ4v) is 2.95. The normalized spacial score (nSPS) is 38.1. The van der Waals surface area contributed by atoms with E-state index in [2.05, 4.69) is 17.1 Å². The van der Waals surface area contributed by atoms with Gasteiger partial charge in [-0.3, -0.25) is 4.90 Å². The quantitative estimate of drug-likeness (QED) is 0.712. The summed E-state index contributed by atoms with van der Waals surface area (Å²) in [5.41, 5.74) is 0. The predicted molar refractivity (Wildman–Crippen MR) is 68.4 cm³/mol. The molecule has 0 aromatic heterocycles. The monoisotopic (exact) mass is 253 g/mol. The lowest BCUT2D eigenvalue weighted by Gasteiger charge is -2.29. The van der Waals surface area contributed by atoms with E-state index in [9.17, 15) is 0 Å². The average molecular weight is 253 g/mol. The molecule has 2 saturated heterocycles. The van der Waals surface area contributed by atoms with Crippen LogP contribution in [-0.2, 0) is 14.2 Å². The van der Waals surface area contributed by atoms with E-state index in [1.165, 1.54) is 12.8 Å². The molecule has 3 rings (SSSR count). The van der Waals surface area contributed by atoms with Gasteiger partial charge >= 0.3 is 0 Å². The second-order valence-corrected chi connectivity index (χ2v) is 5.42. The molecule has 1 aliphatic carbocycles. The summed E-state index contributed by atoms with van der Waals surface area (Å²) < 4.78 is 17.3. The van der Waals surface area contributed by atoms with Crippen molar-refractivity contribution >= 4 is 0 Å². The van der Waals surface area contributed by atoms with Crippen LogP contribution in [0.25, 0.3) is 0 Å². The van der Waals surface area contributed by atoms with Gasteiger partial charge in [0.2, 0.25) is 0 Å². The zero-order valence-corrected chi connectivity index (χ0v) is 10.9. The van der Waals surface area contributed by atoms with Crippen molar-refractivity contribution in [1.29, 1.82) is 0 Å². The highest BCUT2D eigenvalue weighted by atomic mass is 16.7. The molecule has 18 heavy (non-hydrogen) atoms. The first-order valence-corrected chi connectivity index (χ1v) is 7.14. The highest BCUT2D eigenvalue weighted by molar-refractivity contribution is 4.92. The van der Waals surface area contributed by atoms with E-state index in [-0.39, 0.29) is 12.4 Å². The van der Waals surface area contributed by atoms with E-state index in [1.807, 2.05) is 0 Å². The van der Waals surface area contributed by atoms with Crippen LogP contribution in [0.1, 0.15) is 19.3 Å². The Labute approximate surface area is 109 Å². The number of hydrogen-bond donors (Lipinski definition) is 0. The zero-order chi connectivity index (χ0) is 12.2. The Hall–Kier alpha value is -0.420. The number of rotatable bonds is 3. The Kier molecular flexibility index (Phi) is 4.31. The van der Waals surface area contributed by atoms with Crippen LogP contribution in [0.5, 0.6) is 0 Å². The van der Waals surface area contributed by atoms with Crippen molar-refractivity contribution in [2.45, 2.75) is 31.7 Å². The van der Waals surface area contributed by atoms with Crippen LogP contribution < -0.4 is 0 Å². The lowest BCUT2D eigenvalue weighted by atomic mass is 9.94. The maximum absolute atomic E-state index is 6.07. The third-order valence-corrected chi connectivity index (χ3v) is 4.03. The molecule has 0 unspecified atom stereocenters. The summed E-state index contributed by atoms with van der Waals surface area (Å²) in [7, 11) is 0. The first-order chi connectivity index (χ1) is 8.92. The van der Waals surface area contributed by atoms with E-state index < -0.39 is 0 Å². The van der Waals surface area contributed by atoms with E-state index in [1.54, 1.807) is 0 Å². The lowest BCUT2D eigenvalue weighted by molar-refractivity contribution is -0.103. The van der Waals surface area contributed by atoms with Crippen LogP contribution in [0.15, 0.2) is 12.2 Å². The topological polar surface area (TPSA) is 30.9 Å². The van der Waals surface area contributed by atoms with Gasteiger partial charge in [0.1, 0.15) is 0 Å². The molecule has 0 radical (unpaired) electrons. The molecule has 0 bridgehead atoms. The van der Waals surface area contributed by atoms with E-state index in [4.69, 9.17) is 14.2 Å². The maximum atomic E-state index is 6.07. The van der Waals surface area contributed by atoms with Gasteiger partial charge in [0.25, 0.3) is 0 Å². The summed E-state index contributed by atoms with van der Waals surface area (Å²) in [6.45, 7) is 5.49. The van der Waals surface area contributed by atoms with Gasteiger partial charge in [-0.25, -0.2) is 0 Å². The molecule has 0 amide bonds. The highest BCUT2D eigenvalue weighted by Crippen LogP contribution is 2.28. The number of morpholine rings is 1. The van der Waals surface area contributed by atoms with Gasteiger partial charge < -0.3 is 14.2 Å². The van der Waals surface area contributed by atoms with Gasteiger partial charge in [0, 0.05) is 25.6 Å². The molecule has 0 aromatic rings. The molecule has 2 heterocycles. The molecule has 3 atom stereocenters. The standard InChI is InChI=1S/C14H23NO3/c1-2-4-12(5-3-1)14-17-11-13(18-14)10-15-6-8-16-9-7-15/h1-2,12-14H,3-11H2/t12-,13+,14+/m1/s1. The molecule has 2 aliphatic heterocycles. The maximum Gasteiger partial charge on any atom is 0.161 e. The average Bonchev–Trinajstić information content (AvgIpc) is 2.89. The van der Waals surface area contributed by atoms with Crippen molar-refractivity contribution in [1.82, 2.24) is 4.90 Å². The van der Waals surface area contributed by atoms with Crippen molar-refractivity contribution in [2.75, 3.05) is 39.5 Å². The van der Waals surface area contributed by atoms with Crippen molar-refractivity contribution in [2.24, 2.45) is 5.92 Å². The summed E-state index contributed by atoms with van der Waals surface area (Å²) in [5.74, 6) is 0.560. The van der Waals surface area contributed by atoms with Gasteiger partial charge in [0.15, 0.2) is 6.29 Å². The summed E-state index contributed by atoms with van der Waals surface area (Å²) in [5, 5.41) is 0. The Morgan fingerprint density at radius 1 is 1.17 bits per heavy atom. The Balaban J connectivity index is 1.44. The van der Waals surface area contributed by atoms with Crippen LogP contribution in [0.2, 0.25) is 0 Å². The third-order valence-electron chi connectivity index (χ3n) is 4.03. The molecule has 3 aliphatic rings. The van der Waals surface area contributed by atoms with Crippen LogP contribution in [0.4, 0.5) is 0 Å². The van der Waals surface area contributed by atoms with Crippen LogP contribution in [0, 0.1) is 5.92 Å².